The topological polar surface area (TPSA) is 71.3 Å². The minimum atomic E-state index is -0.182. The van der Waals surface area contributed by atoms with Crippen LogP contribution >= 0.6 is 0 Å². The molecule has 2 atom stereocenters. The second-order valence-corrected chi connectivity index (χ2v) is 6.73. The van der Waals surface area contributed by atoms with Gasteiger partial charge in [-0.15, -0.1) is 10.2 Å². The zero-order chi connectivity index (χ0) is 17.4. The monoisotopic (exact) mass is 335 g/mol. The Morgan fingerprint density at radius 1 is 1.28 bits per heavy atom. The van der Waals surface area contributed by atoms with Crippen LogP contribution in [0.15, 0.2) is 42.6 Å². The van der Waals surface area contributed by atoms with Crippen LogP contribution < -0.4 is 10.6 Å². The lowest BCUT2D eigenvalue weighted by Crippen LogP contribution is -2.39. The molecule has 2 amide bonds. The molecule has 0 bridgehead atoms. The van der Waals surface area contributed by atoms with E-state index in [1.807, 2.05) is 28.8 Å². The van der Waals surface area contributed by atoms with E-state index in [0.29, 0.717) is 18.3 Å². The number of urea groups is 1. The lowest BCUT2D eigenvalue weighted by molar-refractivity contribution is 0.233. The van der Waals surface area contributed by atoms with E-state index in [0.717, 1.165) is 12.1 Å². The SMILES string of the molecule is Cc1ccc2c(c1)[C@@H](NC(=O)NCc1nnc3ccccn13)[C@H](C)C2. The highest BCUT2D eigenvalue weighted by molar-refractivity contribution is 5.74. The van der Waals surface area contributed by atoms with Crippen molar-refractivity contribution < 1.29 is 4.79 Å². The summed E-state index contributed by atoms with van der Waals surface area (Å²) in [4.78, 5) is 12.4. The fraction of sp³-hybridized carbons (Fsp3) is 0.316. The molecule has 4 rings (SSSR count). The van der Waals surface area contributed by atoms with Gasteiger partial charge >= 0.3 is 6.03 Å². The van der Waals surface area contributed by atoms with Gasteiger partial charge in [0.05, 0.1) is 12.6 Å². The molecule has 2 aromatic heterocycles. The van der Waals surface area contributed by atoms with E-state index in [1.165, 1.54) is 16.7 Å². The third-order valence-electron chi connectivity index (χ3n) is 4.83. The van der Waals surface area contributed by atoms with Crippen LogP contribution in [0, 0.1) is 12.8 Å². The van der Waals surface area contributed by atoms with Gasteiger partial charge < -0.3 is 10.6 Å². The third kappa shape index (κ3) is 2.95. The number of carbonyl (C=O) groups excluding carboxylic acids is 1. The highest BCUT2D eigenvalue weighted by Gasteiger charge is 2.30. The summed E-state index contributed by atoms with van der Waals surface area (Å²) in [6.45, 7) is 4.59. The number of nitrogens with one attached hydrogen (secondary N) is 2. The van der Waals surface area contributed by atoms with Crippen LogP contribution in [0.2, 0.25) is 0 Å². The van der Waals surface area contributed by atoms with Gasteiger partial charge in [-0.3, -0.25) is 4.40 Å². The molecule has 0 saturated heterocycles. The number of carbonyl (C=O) groups is 1. The molecule has 1 aromatic carbocycles. The lowest BCUT2D eigenvalue weighted by atomic mass is 10.0. The van der Waals surface area contributed by atoms with Crippen LogP contribution in [0.5, 0.6) is 0 Å². The summed E-state index contributed by atoms with van der Waals surface area (Å²) in [6, 6.07) is 12.1. The van der Waals surface area contributed by atoms with Gasteiger partial charge in [0.1, 0.15) is 0 Å². The molecule has 0 spiro atoms. The normalized spacial score (nSPS) is 19.0. The first-order valence-electron chi connectivity index (χ1n) is 8.54. The maximum atomic E-state index is 12.4. The van der Waals surface area contributed by atoms with Gasteiger partial charge in [-0.25, -0.2) is 4.79 Å². The average molecular weight is 335 g/mol. The first-order valence-corrected chi connectivity index (χ1v) is 8.54. The Labute approximate surface area is 146 Å². The second-order valence-electron chi connectivity index (χ2n) is 6.73. The molecule has 2 heterocycles. The maximum absolute atomic E-state index is 12.4. The lowest BCUT2D eigenvalue weighted by Gasteiger charge is -2.19. The molecular weight excluding hydrogens is 314 g/mol. The predicted octanol–water partition coefficient (Wildman–Crippen LogP) is 2.77. The zero-order valence-electron chi connectivity index (χ0n) is 14.4. The Kier molecular flexibility index (Phi) is 3.87. The molecule has 25 heavy (non-hydrogen) atoms. The Hall–Kier alpha value is -2.89. The fourth-order valence-corrected chi connectivity index (χ4v) is 3.54. The average Bonchev–Trinajstić information content (AvgIpc) is 3.15. The smallest absolute Gasteiger partial charge is 0.315 e. The molecule has 1 aliphatic rings. The molecule has 0 radical (unpaired) electrons. The number of rotatable bonds is 3. The first kappa shape index (κ1) is 15.6. The van der Waals surface area contributed by atoms with Gasteiger partial charge in [0.2, 0.25) is 0 Å². The van der Waals surface area contributed by atoms with Crippen molar-refractivity contribution in [1.29, 1.82) is 0 Å². The Morgan fingerprint density at radius 3 is 3.04 bits per heavy atom. The highest BCUT2D eigenvalue weighted by Crippen LogP contribution is 2.36. The van der Waals surface area contributed by atoms with Gasteiger partial charge in [-0.2, -0.15) is 0 Å². The van der Waals surface area contributed by atoms with Gasteiger partial charge in [-0.05, 0) is 42.5 Å². The van der Waals surface area contributed by atoms with Crippen LogP contribution in [0.3, 0.4) is 0 Å². The summed E-state index contributed by atoms with van der Waals surface area (Å²) >= 11 is 0. The largest absolute Gasteiger partial charge is 0.331 e. The van der Waals surface area contributed by atoms with Crippen molar-refractivity contribution in [3.63, 3.8) is 0 Å². The van der Waals surface area contributed by atoms with E-state index in [1.54, 1.807) is 0 Å². The molecule has 0 saturated carbocycles. The molecule has 1 aliphatic carbocycles. The fourth-order valence-electron chi connectivity index (χ4n) is 3.54. The van der Waals surface area contributed by atoms with Crippen molar-refractivity contribution in [1.82, 2.24) is 25.2 Å². The van der Waals surface area contributed by atoms with Crippen LogP contribution in [-0.2, 0) is 13.0 Å². The van der Waals surface area contributed by atoms with Crippen LogP contribution in [0.25, 0.3) is 5.65 Å². The number of hydrogen-bond acceptors (Lipinski definition) is 3. The van der Waals surface area contributed by atoms with E-state index in [-0.39, 0.29) is 12.1 Å². The van der Waals surface area contributed by atoms with Gasteiger partial charge in [0.15, 0.2) is 11.5 Å². The van der Waals surface area contributed by atoms with E-state index >= 15 is 0 Å². The number of benzene rings is 1. The summed E-state index contributed by atoms with van der Waals surface area (Å²) in [5.41, 5.74) is 4.55. The van der Waals surface area contributed by atoms with Crippen LogP contribution in [-0.4, -0.2) is 20.6 Å². The Balaban J connectivity index is 1.44. The maximum Gasteiger partial charge on any atom is 0.315 e. The molecule has 128 valence electrons. The molecule has 6 nitrogen and oxygen atoms in total. The summed E-state index contributed by atoms with van der Waals surface area (Å²) in [5.74, 6) is 1.10. The number of amides is 2. The number of hydrogen-bond donors (Lipinski definition) is 2. The van der Waals surface area contributed by atoms with E-state index in [9.17, 15) is 4.79 Å². The third-order valence-corrected chi connectivity index (χ3v) is 4.83. The zero-order valence-corrected chi connectivity index (χ0v) is 14.4. The van der Waals surface area contributed by atoms with E-state index in [2.05, 4.69) is 52.9 Å². The Bertz CT molecular complexity index is 932. The summed E-state index contributed by atoms with van der Waals surface area (Å²) < 4.78 is 1.87. The number of fused-ring (bicyclic) bond motifs is 2. The van der Waals surface area contributed by atoms with Crippen molar-refractivity contribution >= 4 is 11.7 Å². The standard InChI is InChI=1S/C19H21N5O/c1-12-6-7-14-10-13(2)18(15(14)9-12)21-19(25)20-11-17-23-22-16-5-3-4-8-24(16)17/h3-9,13,18H,10-11H2,1-2H3,(H2,20,21,25)/t13-,18+/m1/s1. The summed E-state index contributed by atoms with van der Waals surface area (Å²) in [7, 11) is 0. The number of aryl methyl sites for hydroxylation is 1. The molecule has 0 fully saturated rings. The van der Waals surface area contributed by atoms with Crippen LogP contribution in [0.1, 0.15) is 35.5 Å². The van der Waals surface area contributed by atoms with Gasteiger partial charge in [0, 0.05) is 6.20 Å². The minimum Gasteiger partial charge on any atom is -0.331 e. The van der Waals surface area contributed by atoms with Crippen molar-refractivity contribution in [2.24, 2.45) is 5.92 Å². The summed E-state index contributed by atoms with van der Waals surface area (Å²) in [5, 5.41) is 14.2. The van der Waals surface area contributed by atoms with Crippen molar-refractivity contribution in [2.45, 2.75) is 32.9 Å². The molecular formula is C19H21N5O. The number of pyridine rings is 1. The number of aromatic nitrogens is 3. The van der Waals surface area contributed by atoms with Gasteiger partial charge in [0.25, 0.3) is 0 Å². The molecule has 3 aromatic rings. The van der Waals surface area contributed by atoms with Crippen molar-refractivity contribution in [2.75, 3.05) is 0 Å². The minimum absolute atomic E-state index is 0.0463. The van der Waals surface area contributed by atoms with E-state index < -0.39 is 0 Å². The van der Waals surface area contributed by atoms with Crippen LogP contribution in [0.4, 0.5) is 4.79 Å². The molecule has 0 unspecified atom stereocenters. The second kappa shape index (κ2) is 6.20. The van der Waals surface area contributed by atoms with E-state index in [4.69, 9.17) is 0 Å². The van der Waals surface area contributed by atoms with Crippen molar-refractivity contribution in [3.8, 4) is 0 Å². The quantitative estimate of drug-likeness (QED) is 0.773. The number of nitrogens with zero attached hydrogens (tertiary/aromatic N) is 3. The predicted molar refractivity (Wildman–Crippen MR) is 95.1 cm³/mol. The van der Waals surface area contributed by atoms with Crippen molar-refractivity contribution in [3.05, 3.63) is 65.1 Å². The molecule has 2 N–H and O–H groups in total. The molecule has 6 heteroatoms. The summed E-state index contributed by atoms with van der Waals surface area (Å²) in [6.07, 6.45) is 2.89. The highest BCUT2D eigenvalue weighted by atomic mass is 16.2. The molecule has 0 aliphatic heterocycles. The Morgan fingerprint density at radius 2 is 2.16 bits per heavy atom. The first-order chi connectivity index (χ1) is 12.1. The van der Waals surface area contributed by atoms with Gasteiger partial charge in [-0.1, -0.05) is 36.8 Å².